The first-order valence-electron chi connectivity index (χ1n) is 10.1. The van der Waals surface area contributed by atoms with E-state index < -0.39 is 0 Å². The van der Waals surface area contributed by atoms with Gasteiger partial charge < -0.3 is 15.0 Å². The minimum absolute atomic E-state index is 0.216. The Labute approximate surface area is 170 Å². The third-order valence-corrected chi connectivity index (χ3v) is 4.95. The van der Waals surface area contributed by atoms with Gasteiger partial charge in [0.05, 0.1) is 12.1 Å². The number of piperidine rings is 1. The highest BCUT2D eigenvalue weighted by Gasteiger charge is 2.14. The summed E-state index contributed by atoms with van der Waals surface area (Å²) in [5, 5.41) is 3.86. The van der Waals surface area contributed by atoms with E-state index in [0.717, 1.165) is 29.8 Å². The molecule has 0 bridgehead atoms. The van der Waals surface area contributed by atoms with Crippen LogP contribution in [0.1, 0.15) is 35.6 Å². The zero-order valence-corrected chi connectivity index (χ0v) is 16.6. The lowest BCUT2D eigenvalue weighted by atomic mass is 10.1. The van der Waals surface area contributed by atoms with Gasteiger partial charge >= 0.3 is 0 Å². The summed E-state index contributed by atoms with van der Waals surface area (Å²) in [4.78, 5) is 27.9. The van der Waals surface area contributed by atoms with Gasteiger partial charge in [0.1, 0.15) is 23.9 Å². The number of fused-ring (bicyclic) bond motifs is 1. The summed E-state index contributed by atoms with van der Waals surface area (Å²) in [5.41, 5.74) is 1.20. The molecule has 1 aliphatic heterocycles. The molecule has 0 saturated carbocycles. The van der Waals surface area contributed by atoms with Gasteiger partial charge in [-0.1, -0.05) is 24.3 Å². The number of anilines is 1. The summed E-state index contributed by atoms with van der Waals surface area (Å²) in [7, 11) is 0. The van der Waals surface area contributed by atoms with Gasteiger partial charge in [-0.3, -0.25) is 4.79 Å². The van der Waals surface area contributed by atoms with Crippen LogP contribution >= 0.6 is 0 Å². The molecule has 1 saturated heterocycles. The number of carbonyl (C=O) groups excluding carboxylic acids is 1. The molecule has 0 aliphatic carbocycles. The molecule has 3 aromatic rings. The fourth-order valence-corrected chi connectivity index (χ4v) is 3.49. The minimum atomic E-state index is -0.216. The van der Waals surface area contributed by atoms with Gasteiger partial charge in [0.15, 0.2) is 0 Å². The highest BCUT2D eigenvalue weighted by Crippen LogP contribution is 2.21. The second-order valence-corrected chi connectivity index (χ2v) is 7.15. The number of para-hydroxylation sites is 1. The van der Waals surface area contributed by atoms with E-state index in [1.54, 1.807) is 6.07 Å². The monoisotopic (exact) mass is 391 g/mol. The average Bonchev–Trinajstić information content (AvgIpc) is 2.76. The Hall–Kier alpha value is -3.22. The molecule has 0 radical (unpaired) electrons. The van der Waals surface area contributed by atoms with Gasteiger partial charge in [0, 0.05) is 24.5 Å². The number of pyridine rings is 1. The summed E-state index contributed by atoms with van der Waals surface area (Å²) < 4.78 is 5.76. The van der Waals surface area contributed by atoms with E-state index in [4.69, 9.17) is 4.74 Å². The number of amides is 1. The molecule has 7 heteroatoms. The molecule has 1 fully saturated rings. The Morgan fingerprint density at radius 2 is 1.90 bits per heavy atom. The van der Waals surface area contributed by atoms with E-state index >= 15 is 0 Å². The number of hydrogen-bond donors (Lipinski definition) is 1. The molecule has 1 N–H and O–H groups in total. The smallest absolute Gasteiger partial charge is 0.270 e. The van der Waals surface area contributed by atoms with E-state index in [9.17, 15) is 4.79 Å². The lowest BCUT2D eigenvalue weighted by Crippen LogP contribution is -2.30. The molecule has 2 aromatic heterocycles. The van der Waals surface area contributed by atoms with Crippen molar-refractivity contribution in [2.75, 3.05) is 31.1 Å². The third-order valence-electron chi connectivity index (χ3n) is 4.95. The average molecular weight is 391 g/mol. The first-order chi connectivity index (χ1) is 14.2. The first-order valence-corrected chi connectivity index (χ1v) is 10.1. The SMILES string of the molecule is Cc1nc(OCCNC(=O)c2ccc3ccccc3n2)cc(N2CCCCC2)n1. The van der Waals surface area contributed by atoms with Crippen molar-refractivity contribution in [2.24, 2.45) is 0 Å². The van der Waals surface area contributed by atoms with Crippen LogP contribution in [0.4, 0.5) is 5.82 Å². The van der Waals surface area contributed by atoms with Crippen LogP contribution < -0.4 is 15.0 Å². The molecule has 0 spiro atoms. The highest BCUT2D eigenvalue weighted by atomic mass is 16.5. The number of nitrogens with one attached hydrogen (secondary N) is 1. The minimum Gasteiger partial charge on any atom is -0.476 e. The highest BCUT2D eigenvalue weighted by molar-refractivity contribution is 5.94. The molecule has 0 atom stereocenters. The van der Waals surface area contributed by atoms with Crippen LogP contribution in [0.25, 0.3) is 10.9 Å². The predicted octanol–water partition coefficient (Wildman–Crippen LogP) is 3.13. The maximum atomic E-state index is 12.4. The van der Waals surface area contributed by atoms with Crippen molar-refractivity contribution in [1.29, 1.82) is 0 Å². The Morgan fingerprint density at radius 1 is 1.07 bits per heavy atom. The number of aromatic nitrogens is 3. The van der Waals surface area contributed by atoms with Crippen molar-refractivity contribution >= 4 is 22.6 Å². The molecule has 1 aromatic carbocycles. The second kappa shape index (κ2) is 8.86. The van der Waals surface area contributed by atoms with Crippen molar-refractivity contribution in [2.45, 2.75) is 26.2 Å². The van der Waals surface area contributed by atoms with Crippen LogP contribution in [0.5, 0.6) is 5.88 Å². The summed E-state index contributed by atoms with van der Waals surface area (Å²) in [6.45, 7) is 4.60. The maximum absolute atomic E-state index is 12.4. The quantitative estimate of drug-likeness (QED) is 0.650. The van der Waals surface area contributed by atoms with Gasteiger partial charge in [-0.25, -0.2) is 9.97 Å². The van der Waals surface area contributed by atoms with E-state index in [2.05, 4.69) is 25.2 Å². The summed E-state index contributed by atoms with van der Waals surface area (Å²) in [6.07, 6.45) is 3.65. The molecule has 7 nitrogen and oxygen atoms in total. The van der Waals surface area contributed by atoms with Crippen LogP contribution in [0.2, 0.25) is 0 Å². The third kappa shape index (κ3) is 4.80. The van der Waals surface area contributed by atoms with Crippen molar-refractivity contribution in [3.05, 3.63) is 54.0 Å². The van der Waals surface area contributed by atoms with Gasteiger partial charge in [-0.05, 0) is 38.3 Å². The van der Waals surface area contributed by atoms with Gasteiger partial charge in [-0.2, -0.15) is 4.98 Å². The molecule has 0 unspecified atom stereocenters. The van der Waals surface area contributed by atoms with Crippen molar-refractivity contribution in [3.8, 4) is 5.88 Å². The molecular formula is C22H25N5O2. The van der Waals surface area contributed by atoms with Crippen LogP contribution in [-0.2, 0) is 0 Å². The fraction of sp³-hybridized carbons (Fsp3) is 0.364. The number of carbonyl (C=O) groups is 1. The Morgan fingerprint density at radius 3 is 2.76 bits per heavy atom. The zero-order chi connectivity index (χ0) is 20.1. The number of ether oxygens (including phenoxy) is 1. The number of hydrogen-bond acceptors (Lipinski definition) is 6. The summed E-state index contributed by atoms with van der Waals surface area (Å²) in [6, 6.07) is 13.2. The Balaban J connectivity index is 1.31. The lowest BCUT2D eigenvalue weighted by molar-refractivity contribution is 0.0942. The molecule has 29 heavy (non-hydrogen) atoms. The summed E-state index contributed by atoms with van der Waals surface area (Å²) in [5.74, 6) is 1.92. The van der Waals surface area contributed by atoms with Crippen molar-refractivity contribution in [3.63, 3.8) is 0 Å². The Bertz CT molecular complexity index is 1000. The van der Waals surface area contributed by atoms with E-state index in [1.165, 1.54) is 19.3 Å². The van der Waals surface area contributed by atoms with Gasteiger partial charge in [0.25, 0.3) is 5.91 Å². The predicted molar refractivity (Wildman–Crippen MR) is 112 cm³/mol. The molecule has 1 aliphatic rings. The first kappa shape index (κ1) is 19.1. The van der Waals surface area contributed by atoms with E-state index in [1.807, 2.05) is 43.3 Å². The zero-order valence-electron chi connectivity index (χ0n) is 16.6. The molecular weight excluding hydrogens is 366 g/mol. The largest absolute Gasteiger partial charge is 0.476 e. The second-order valence-electron chi connectivity index (χ2n) is 7.15. The number of benzene rings is 1. The van der Waals surface area contributed by atoms with Crippen LogP contribution in [-0.4, -0.2) is 47.1 Å². The molecule has 150 valence electrons. The topological polar surface area (TPSA) is 80.2 Å². The maximum Gasteiger partial charge on any atom is 0.270 e. The normalized spacial score (nSPS) is 14.0. The van der Waals surface area contributed by atoms with Gasteiger partial charge in [0.2, 0.25) is 5.88 Å². The fourth-order valence-electron chi connectivity index (χ4n) is 3.49. The number of aryl methyl sites for hydroxylation is 1. The molecule has 3 heterocycles. The summed E-state index contributed by atoms with van der Waals surface area (Å²) >= 11 is 0. The molecule has 1 amide bonds. The van der Waals surface area contributed by atoms with E-state index in [0.29, 0.717) is 30.5 Å². The number of nitrogens with zero attached hydrogens (tertiary/aromatic N) is 4. The van der Waals surface area contributed by atoms with Crippen LogP contribution in [0.15, 0.2) is 42.5 Å². The standard InChI is InChI=1S/C22H25N5O2/c1-16-24-20(27-12-5-2-6-13-27)15-21(25-16)29-14-11-23-22(28)19-10-9-17-7-3-4-8-18(17)26-19/h3-4,7-10,15H,2,5-6,11-14H2,1H3,(H,23,28). The van der Waals surface area contributed by atoms with Gasteiger partial charge in [-0.15, -0.1) is 0 Å². The van der Waals surface area contributed by atoms with Crippen LogP contribution in [0, 0.1) is 6.92 Å². The molecule has 4 rings (SSSR count). The Kier molecular flexibility index (Phi) is 5.84. The lowest BCUT2D eigenvalue weighted by Gasteiger charge is -2.28. The van der Waals surface area contributed by atoms with E-state index in [-0.39, 0.29) is 5.91 Å². The van der Waals surface area contributed by atoms with Crippen LogP contribution in [0.3, 0.4) is 0 Å². The van der Waals surface area contributed by atoms with Crippen molar-refractivity contribution in [1.82, 2.24) is 20.3 Å². The van der Waals surface area contributed by atoms with Crippen molar-refractivity contribution < 1.29 is 9.53 Å². The number of rotatable bonds is 6.